The van der Waals surface area contributed by atoms with Crippen molar-refractivity contribution < 1.29 is 17.9 Å². The van der Waals surface area contributed by atoms with E-state index in [0.29, 0.717) is 31.3 Å². The van der Waals surface area contributed by atoms with Crippen molar-refractivity contribution in [3.05, 3.63) is 53.7 Å². The molecule has 146 valence electrons. The van der Waals surface area contributed by atoms with Crippen LogP contribution in [0.15, 0.2) is 47.4 Å². The molecule has 3 aromatic rings. The lowest BCUT2D eigenvalue weighted by Gasteiger charge is -2.20. The summed E-state index contributed by atoms with van der Waals surface area (Å²) < 4.78 is 39.6. The molecule has 0 radical (unpaired) electrons. The number of fused-ring (bicyclic) bond motifs is 2. The second-order valence-electron chi connectivity index (χ2n) is 7.58. The van der Waals surface area contributed by atoms with Crippen molar-refractivity contribution in [3.63, 3.8) is 0 Å². The average molecular weight is 398 g/mol. The van der Waals surface area contributed by atoms with E-state index in [1.165, 1.54) is 17.0 Å². The molecule has 1 aliphatic carbocycles. The average Bonchev–Trinajstić information content (AvgIpc) is 3.40. The quantitative estimate of drug-likeness (QED) is 0.691. The molecule has 1 aromatic heterocycles. The molecular formula is C21H22N2O4S. The lowest BCUT2D eigenvalue weighted by Crippen LogP contribution is -2.32. The highest BCUT2D eigenvalue weighted by Gasteiger charge is 2.47. The Morgan fingerprint density at radius 3 is 2.61 bits per heavy atom. The predicted molar refractivity (Wildman–Crippen MR) is 107 cm³/mol. The van der Waals surface area contributed by atoms with Gasteiger partial charge in [-0.05, 0) is 43.5 Å². The van der Waals surface area contributed by atoms with Gasteiger partial charge in [0.1, 0.15) is 13.2 Å². The number of ether oxygens (including phenoxy) is 2. The van der Waals surface area contributed by atoms with Crippen LogP contribution in [0, 0.1) is 6.92 Å². The Hall–Kier alpha value is -2.51. The molecular weight excluding hydrogens is 376 g/mol. The monoisotopic (exact) mass is 398 g/mol. The molecule has 28 heavy (non-hydrogen) atoms. The highest BCUT2D eigenvalue weighted by atomic mass is 32.2. The standard InChI is InChI=1S/C21H22N2O4S/c1-14-20(16-4-2-3-5-17(16)23-14)21(8-9-21)13-22-28(24,25)15-6-7-18-19(12-15)27-11-10-26-18/h2-7,12,22-23H,8-11,13H2,1H3. The molecule has 0 bridgehead atoms. The molecule has 0 amide bonds. The first-order valence-electron chi connectivity index (χ1n) is 9.46. The number of benzene rings is 2. The van der Waals surface area contributed by atoms with E-state index in [9.17, 15) is 8.42 Å². The minimum atomic E-state index is -3.64. The number of sulfonamides is 1. The number of aromatic nitrogens is 1. The molecule has 0 spiro atoms. The third-order valence-electron chi connectivity index (χ3n) is 5.70. The first-order chi connectivity index (χ1) is 13.5. The van der Waals surface area contributed by atoms with Crippen molar-refractivity contribution in [2.24, 2.45) is 0 Å². The van der Waals surface area contributed by atoms with Crippen LogP contribution in [0.5, 0.6) is 11.5 Å². The maximum atomic E-state index is 12.9. The molecule has 7 heteroatoms. The van der Waals surface area contributed by atoms with Crippen molar-refractivity contribution >= 4 is 20.9 Å². The molecule has 0 unspecified atom stereocenters. The van der Waals surface area contributed by atoms with Gasteiger partial charge in [-0.15, -0.1) is 0 Å². The van der Waals surface area contributed by atoms with Crippen LogP contribution in [-0.2, 0) is 15.4 Å². The normalized spacial score (nSPS) is 17.6. The van der Waals surface area contributed by atoms with Crippen LogP contribution in [-0.4, -0.2) is 33.2 Å². The van der Waals surface area contributed by atoms with E-state index in [4.69, 9.17) is 9.47 Å². The smallest absolute Gasteiger partial charge is 0.240 e. The summed E-state index contributed by atoms with van der Waals surface area (Å²) in [7, 11) is -3.64. The van der Waals surface area contributed by atoms with Crippen LogP contribution in [0.2, 0.25) is 0 Å². The third-order valence-corrected chi connectivity index (χ3v) is 7.10. The molecule has 1 saturated carbocycles. The van der Waals surface area contributed by atoms with Gasteiger partial charge in [0.2, 0.25) is 10.0 Å². The fraction of sp³-hybridized carbons (Fsp3) is 0.333. The number of aromatic amines is 1. The molecule has 1 fully saturated rings. The van der Waals surface area contributed by atoms with E-state index in [1.807, 2.05) is 12.1 Å². The summed E-state index contributed by atoms with van der Waals surface area (Å²) >= 11 is 0. The van der Waals surface area contributed by atoms with Gasteiger partial charge in [0, 0.05) is 34.6 Å². The summed E-state index contributed by atoms with van der Waals surface area (Å²) in [6.45, 7) is 3.34. The maximum absolute atomic E-state index is 12.9. The minimum absolute atomic E-state index is 0.148. The van der Waals surface area contributed by atoms with Crippen molar-refractivity contribution in [1.29, 1.82) is 0 Å². The van der Waals surface area contributed by atoms with Gasteiger partial charge in [0.25, 0.3) is 0 Å². The highest BCUT2D eigenvalue weighted by Crippen LogP contribution is 2.51. The zero-order chi connectivity index (χ0) is 19.4. The Labute approximate surface area is 163 Å². The number of hydrogen-bond donors (Lipinski definition) is 2. The van der Waals surface area contributed by atoms with Gasteiger partial charge < -0.3 is 14.5 Å². The lowest BCUT2D eigenvalue weighted by atomic mass is 9.93. The molecule has 2 aliphatic rings. The van der Waals surface area contributed by atoms with E-state index >= 15 is 0 Å². The van der Waals surface area contributed by atoms with Gasteiger partial charge in [0.15, 0.2) is 11.5 Å². The third kappa shape index (κ3) is 2.86. The predicted octanol–water partition coefficient (Wildman–Crippen LogP) is 3.26. The number of hydrogen-bond acceptors (Lipinski definition) is 4. The van der Waals surface area contributed by atoms with Crippen LogP contribution in [0.25, 0.3) is 10.9 Å². The number of para-hydroxylation sites is 1. The Balaban J connectivity index is 1.41. The largest absolute Gasteiger partial charge is 0.486 e. The summed E-state index contributed by atoms with van der Waals surface area (Å²) in [6, 6.07) is 12.9. The highest BCUT2D eigenvalue weighted by molar-refractivity contribution is 7.89. The van der Waals surface area contributed by atoms with Gasteiger partial charge in [-0.1, -0.05) is 18.2 Å². The van der Waals surface area contributed by atoms with E-state index in [2.05, 4.69) is 28.8 Å². The number of nitrogens with one attached hydrogen (secondary N) is 2. The van der Waals surface area contributed by atoms with Gasteiger partial charge in [-0.2, -0.15) is 0 Å². The number of H-pyrrole nitrogens is 1. The fourth-order valence-electron chi connectivity index (χ4n) is 4.13. The van der Waals surface area contributed by atoms with Gasteiger partial charge >= 0.3 is 0 Å². The van der Waals surface area contributed by atoms with E-state index in [1.54, 1.807) is 12.1 Å². The summed E-state index contributed by atoms with van der Waals surface area (Å²) in [5, 5.41) is 1.18. The summed E-state index contributed by atoms with van der Waals surface area (Å²) in [5.41, 5.74) is 3.28. The fourth-order valence-corrected chi connectivity index (χ4v) is 5.28. The molecule has 2 heterocycles. The Morgan fingerprint density at radius 2 is 1.82 bits per heavy atom. The summed E-state index contributed by atoms with van der Waals surface area (Å²) in [5.74, 6) is 1.06. The molecule has 1 aliphatic heterocycles. The number of aryl methyl sites for hydroxylation is 1. The summed E-state index contributed by atoms with van der Waals surface area (Å²) in [4.78, 5) is 3.63. The zero-order valence-electron chi connectivity index (χ0n) is 15.6. The maximum Gasteiger partial charge on any atom is 0.240 e. The van der Waals surface area contributed by atoms with Crippen LogP contribution in [0.4, 0.5) is 0 Å². The van der Waals surface area contributed by atoms with E-state index < -0.39 is 10.0 Å². The van der Waals surface area contributed by atoms with E-state index in [-0.39, 0.29) is 10.3 Å². The molecule has 2 aromatic carbocycles. The topological polar surface area (TPSA) is 80.4 Å². The minimum Gasteiger partial charge on any atom is -0.486 e. The SMILES string of the molecule is Cc1[nH]c2ccccc2c1C1(CNS(=O)(=O)c2ccc3c(c2)OCCO3)CC1. The molecule has 0 saturated heterocycles. The first kappa shape index (κ1) is 17.6. The second kappa shape index (κ2) is 6.25. The van der Waals surface area contributed by atoms with Crippen molar-refractivity contribution in [2.45, 2.75) is 30.1 Å². The van der Waals surface area contributed by atoms with Gasteiger partial charge in [0.05, 0.1) is 4.90 Å². The van der Waals surface area contributed by atoms with Crippen LogP contribution in [0.3, 0.4) is 0 Å². The molecule has 2 N–H and O–H groups in total. The van der Waals surface area contributed by atoms with E-state index in [0.717, 1.165) is 24.1 Å². The Kier molecular flexibility index (Phi) is 3.93. The molecule has 6 nitrogen and oxygen atoms in total. The number of rotatable bonds is 5. The van der Waals surface area contributed by atoms with Crippen molar-refractivity contribution in [2.75, 3.05) is 19.8 Å². The van der Waals surface area contributed by atoms with Gasteiger partial charge in [-0.3, -0.25) is 0 Å². The Bertz CT molecular complexity index is 1160. The van der Waals surface area contributed by atoms with Crippen LogP contribution < -0.4 is 14.2 Å². The zero-order valence-corrected chi connectivity index (χ0v) is 16.4. The first-order valence-corrected chi connectivity index (χ1v) is 10.9. The van der Waals surface area contributed by atoms with Crippen molar-refractivity contribution in [1.82, 2.24) is 9.71 Å². The molecule has 5 rings (SSSR count). The van der Waals surface area contributed by atoms with Crippen LogP contribution >= 0.6 is 0 Å². The molecule has 0 atom stereocenters. The second-order valence-corrected chi connectivity index (χ2v) is 9.35. The van der Waals surface area contributed by atoms with Gasteiger partial charge in [-0.25, -0.2) is 13.1 Å². The van der Waals surface area contributed by atoms with Crippen LogP contribution in [0.1, 0.15) is 24.1 Å². The van der Waals surface area contributed by atoms with Crippen molar-refractivity contribution in [3.8, 4) is 11.5 Å². The lowest BCUT2D eigenvalue weighted by molar-refractivity contribution is 0.171. The Morgan fingerprint density at radius 1 is 1.07 bits per heavy atom. The summed E-state index contributed by atoms with van der Waals surface area (Å²) in [6.07, 6.45) is 1.94.